The Labute approximate surface area is 124 Å². The van der Waals surface area contributed by atoms with Gasteiger partial charge in [0.15, 0.2) is 0 Å². The van der Waals surface area contributed by atoms with Crippen molar-refractivity contribution >= 4 is 22.5 Å². The van der Waals surface area contributed by atoms with Crippen molar-refractivity contribution in [2.24, 2.45) is 0 Å². The van der Waals surface area contributed by atoms with Gasteiger partial charge >= 0.3 is 0 Å². The van der Waals surface area contributed by atoms with E-state index in [2.05, 4.69) is 28.3 Å². The van der Waals surface area contributed by atoms with Gasteiger partial charge in [-0.05, 0) is 50.2 Å². The summed E-state index contributed by atoms with van der Waals surface area (Å²) in [5, 5.41) is 5.29. The SMILES string of the molecule is CN(Cc1ccc(Cl)c2cccnc12)C1CCCNC1. The van der Waals surface area contributed by atoms with Gasteiger partial charge in [0.1, 0.15) is 0 Å². The largest absolute Gasteiger partial charge is 0.315 e. The molecule has 2 heterocycles. The molecule has 106 valence electrons. The first kappa shape index (κ1) is 13.8. The Morgan fingerprint density at radius 2 is 2.30 bits per heavy atom. The van der Waals surface area contributed by atoms with Crippen LogP contribution in [0.4, 0.5) is 0 Å². The van der Waals surface area contributed by atoms with Crippen LogP contribution in [0.15, 0.2) is 30.5 Å². The number of benzene rings is 1. The first-order chi connectivity index (χ1) is 9.75. The number of pyridine rings is 1. The molecule has 3 nitrogen and oxygen atoms in total. The van der Waals surface area contributed by atoms with Gasteiger partial charge in [0, 0.05) is 35.7 Å². The van der Waals surface area contributed by atoms with E-state index in [1.807, 2.05) is 24.4 Å². The second kappa shape index (κ2) is 6.08. The molecule has 0 amide bonds. The molecule has 1 atom stereocenters. The molecule has 2 aromatic rings. The summed E-state index contributed by atoms with van der Waals surface area (Å²) in [5.41, 5.74) is 2.27. The number of piperidine rings is 1. The van der Waals surface area contributed by atoms with Crippen LogP contribution in [-0.4, -0.2) is 36.1 Å². The van der Waals surface area contributed by atoms with Crippen LogP contribution < -0.4 is 5.32 Å². The first-order valence-electron chi connectivity index (χ1n) is 7.19. The lowest BCUT2D eigenvalue weighted by atomic mass is 10.0. The van der Waals surface area contributed by atoms with Crippen LogP contribution in [0, 0.1) is 0 Å². The number of aromatic nitrogens is 1. The minimum absolute atomic E-state index is 0.609. The number of hydrogen-bond acceptors (Lipinski definition) is 3. The van der Waals surface area contributed by atoms with Crippen molar-refractivity contribution < 1.29 is 0 Å². The Bertz CT molecular complexity index is 593. The number of nitrogens with zero attached hydrogens (tertiary/aromatic N) is 2. The van der Waals surface area contributed by atoms with Gasteiger partial charge < -0.3 is 5.32 Å². The monoisotopic (exact) mass is 289 g/mol. The van der Waals surface area contributed by atoms with Gasteiger partial charge in [0.25, 0.3) is 0 Å². The van der Waals surface area contributed by atoms with E-state index in [-0.39, 0.29) is 0 Å². The molecule has 1 N–H and O–H groups in total. The predicted octanol–water partition coefficient (Wildman–Crippen LogP) is 3.07. The molecule has 1 aromatic heterocycles. The third-order valence-corrected chi connectivity index (χ3v) is 4.44. The zero-order valence-corrected chi connectivity index (χ0v) is 12.5. The smallest absolute Gasteiger partial charge is 0.0761 e. The summed E-state index contributed by atoms with van der Waals surface area (Å²) in [6, 6.07) is 8.67. The van der Waals surface area contributed by atoms with Gasteiger partial charge in [-0.1, -0.05) is 17.7 Å². The van der Waals surface area contributed by atoms with Gasteiger partial charge in [-0.25, -0.2) is 0 Å². The van der Waals surface area contributed by atoms with Gasteiger partial charge in [-0.15, -0.1) is 0 Å². The van der Waals surface area contributed by atoms with Crippen molar-refractivity contribution in [2.75, 3.05) is 20.1 Å². The molecule has 1 fully saturated rings. The van der Waals surface area contributed by atoms with Crippen LogP contribution in [0.25, 0.3) is 10.9 Å². The molecule has 1 aliphatic rings. The van der Waals surface area contributed by atoms with Crippen LogP contribution in [-0.2, 0) is 6.54 Å². The Morgan fingerprint density at radius 1 is 1.40 bits per heavy atom. The maximum Gasteiger partial charge on any atom is 0.0761 e. The molecule has 1 saturated heterocycles. The maximum absolute atomic E-state index is 6.25. The maximum atomic E-state index is 6.25. The van der Waals surface area contributed by atoms with Crippen molar-refractivity contribution in [1.82, 2.24) is 15.2 Å². The zero-order valence-electron chi connectivity index (χ0n) is 11.8. The molecule has 0 spiro atoms. The van der Waals surface area contributed by atoms with E-state index in [0.29, 0.717) is 6.04 Å². The third kappa shape index (κ3) is 2.80. The summed E-state index contributed by atoms with van der Waals surface area (Å²) >= 11 is 6.25. The fraction of sp³-hybridized carbons (Fsp3) is 0.438. The second-order valence-corrected chi connectivity index (χ2v) is 5.93. The zero-order chi connectivity index (χ0) is 13.9. The van der Waals surface area contributed by atoms with Crippen molar-refractivity contribution in [3.63, 3.8) is 0 Å². The number of nitrogens with one attached hydrogen (secondary N) is 1. The van der Waals surface area contributed by atoms with Crippen molar-refractivity contribution in [3.05, 3.63) is 41.0 Å². The van der Waals surface area contributed by atoms with Crippen LogP contribution in [0.3, 0.4) is 0 Å². The number of rotatable bonds is 3. The van der Waals surface area contributed by atoms with E-state index < -0.39 is 0 Å². The fourth-order valence-electron chi connectivity index (χ4n) is 2.93. The summed E-state index contributed by atoms with van der Waals surface area (Å²) in [5.74, 6) is 0. The normalized spacial score (nSPS) is 19.6. The van der Waals surface area contributed by atoms with E-state index in [9.17, 15) is 0 Å². The lowest BCUT2D eigenvalue weighted by molar-refractivity contribution is 0.196. The van der Waals surface area contributed by atoms with Crippen LogP contribution in [0.1, 0.15) is 18.4 Å². The summed E-state index contributed by atoms with van der Waals surface area (Å²) in [6.07, 6.45) is 4.36. The van der Waals surface area contributed by atoms with Crippen LogP contribution in [0.5, 0.6) is 0 Å². The van der Waals surface area contributed by atoms with Crippen LogP contribution >= 0.6 is 11.6 Å². The van der Waals surface area contributed by atoms with Gasteiger partial charge in [0.05, 0.1) is 5.52 Å². The van der Waals surface area contributed by atoms with Crippen molar-refractivity contribution in [1.29, 1.82) is 0 Å². The van der Waals surface area contributed by atoms with Gasteiger partial charge in [0.2, 0.25) is 0 Å². The Balaban J connectivity index is 1.85. The van der Waals surface area contributed by atoms with E-state index in [0.717, 1.165) is 35.6 Å². The topological polar surface area (TPSA) is 28.2 Å². The highest BCUT2D eigenvalue weighted by molar-refractivity contribution is 6.35. The average molecular weight is 290 g/mol. The minimum atomic E-state index is 0.609. The van der Waals surface area contributed by atoms with E-state index in [1.165, 1.54) is 18.4 Å². The summed E-state index contributed by atoms with van der Waals surface area (Å²) in [6.45, 7) is 3.14. The second-order valence-electron chi connectivity index (χ2n) is 5.52. The van der Waals surface area contributed by atoms with Crippen molar-refractivity contribution in [3.8, 4) is 0 Å². The molecule has 0 aliphatic carbocycles. The predicted molar refractivity (Wildman–Crippen MR) is 84.1 cm³/mol. The molecular formula is C16H20ClN3. The Kier molecular flexibility index (Phi) is 4.20. The average Bonchev–Trinajstić information content (AvgIpc) is 2.51. The molecule has 4 heteroatoms. The highest BCUT2D eigenvalue weighted by Gasteiger charge is 2.18. The standard InChI is InChI=1S/C16H20ClN3/c1-20(13-4-2-8-18-10-13)11-12-6-7-15(17)14-5-3-9-19-16(12)14/h3,5-7,9,13,18H,2,4,8,10-11H2,1H3. The number of likely N-dealkylation sites (N-methyl/N-ethyl adjacent to an activating group) is 1. The third-order valence-electron chi connectivity index (χ3n) is 4.11. The number of hydrogen-bond donors (Lipinski definition) is 1. The molecule has 1 aromatic carbocycles. The lowest BCUT2D eigenvalue weighted by Crippen LogP contribution is -2.43. The molecule has 20 heavy (non-hydrogen) atoms. The molecule has 0 radical (unpaired) electrons. The highest BCUT2D eigenvalue weighted by Crippen LogP contribution is 2.26. The summed E-state index contributed by atoms with van der Waals surface area (Å²) in [4.78, 5) is 6.93. The fourth-order valence-corrected chi connectivity index (χ4v) is 3.15. The Morgan fingerprint density at radius 3 is 3.10 bits per heavy atom. The molecule has 0 saturated carbocycles. The number of halogens is 1. The molecule has 0 bridgehead atoms. The minimum Gasteiger partial charge on any atom is -0.315 e. The molecule has 3 rings (SSSR count). The highest BCUT2D eigenvalue weighted by atomic mass is 35.5. The van der Waals surface area contributed by atoms with E-state index in [4.69, 9.17) is 11.6 Å². The molecule has 1 aliphatic heterocycles. The lowest BCUT2D eigenvalue weighted by Gasteiger charge is -2.31. The summed E-state index contributed by atoms with van der Waals surface area (Å²) < 4.78 is 0. The summed E-state index contributed by atoms with van der Waals surface area (Å²) in [7, 11) is 2.20. The van der Waals surface area contributed by atoms with Crippen molar-refractivity contribution in [2.45, 2.75) is 25.4 Å². The van der Waals surface area contributed by atoms with E-state index in [1.54, 1.807) is 0 Å². The quantitative estimate of drug-likeness (QED) is 0.941. The van der Waals surface area contributed by atoms with Gasteiger partial charge in [-0.2, -0.15) is 0 Å². The molecule has 1 unspecified atom stereocenters. The van der Waals surface area contributed by atoms with E-state index >= 15 is 0 Å². The van der Waals surface area contributed by atoms with Gasteiger partial charge in [-0.3, -0.25) is 9.88 Å². The van der Waals surface area contributed by atoms with Crippen LogP contribution in [0.2, 0.25) is 5.02 Å². The number of fused-ring (bicyclic) bond motifs is 1. The first-order valence-corrected chi connectivity index (χ1v) is 7.56. The molecular weight excluding hydrogens is 270 g/mol. The Hall–Kier alpha value is -1.16.